The molecule has 1 heterocycles. The number of allylic oxidation sites excluding steroid dienone is 2. The van der Waals surface area contributed by atoms with E-state index >= 15 is 0 Å². The van der Waals surface area contributed by atoms with Crippen molar-refractivity contribution in [2.45, 2.75) is 45.1 Å². The number of nitrogens with one attached hydrogen (secondary N) is 1. The molecule has 1 atom stereocenters. The van der Waals surface area contributed by atoms with E-state index in [9.17, 15) is 5.11 Å². The summed E-state index contributed by atoms with van der Waals surface area (Å²) >= 11 is 5.89. The zero-order valence-electron chi connectivity index (χ0n) is 10.2. The van der Waals surface area contributed by atoms with Crippen LogP contribution in [-0.4, -0.2) is 15.8 Å². The van der Waals surface area contributed by atoms with E-state index in [4.69, 9.17) is 11.6 Å². The fourth-order valence-electron chi connectivity index (χ4n) is 2.55. The molecule has 0 spiro atoms. The van der Waals surface area contributed by atoms with Gasteiger partial charge in [-0.3, -0.25) is 0 Å². The van der Waals surface area contributed by atoms with Gasteiger partial charge in [0.15, 0.2) is 0 Å². The molecule has 0 aromatic carbocycles. The molecule has 0 amide bonds. The molecule has 1 saturated carbocycles. The first kappa shape index (κ1) is 13.7. The van der Waals surface area contributed by atoms with Gasteiger partial charge < -0.3 is 0 Å². The van der Waals surface area contributed by atoms with Crippen LogP contribution in [0, 0.1) is 5.92 Å². The van der Waals surface area contributed by atoms with Gasteiger partial charge in [0.2, 0.25) is 0 Å². The molecule has 2 nitrogen and oxygen atoms in total. The Labute approximate surface area is 119 Å². The number of hydrogen-bond acceptors (Lipinski definition) is 2. The summed E-state index contributed by atoms with van der Waals surface area (Å²) < 4.78 is 2.23. The van der Waals surface area contributed by atoms with Crippen molar-refractivity contribution in [3.8, 4) is 0 Å². The molecular formula is C13H20ClINO-. The predicted molar refractivity (Wildman–Crippen MR) is 67.2 cm³/mol. The second-order valence-corrected chi connectivity index (χ2v) is 7.91. The zero-order chi connectivity index (χ0) is 12.3. The van der Waals surface area contributed by atoms with Crippen LogP contribution in [0.15, 0.2) is 20.4 Å². The third-order valence-corrected chi connectivity index (χ3v) is 6.84. The molecule has 0 saturated heterocycles. The fourth-order valence-corrected chi connectivity index (χ4v) is 5.74. The normalized spacial score (nSPS) is 25.5. The van der Waals surface area contributed by atoms with Crippen LogP contribution in [0.2, 0.25) is 0 Å². The van der Waals surface area contributed by atoms with Crippen molar-refractivity contribution in [3.05, 3.63) is 20.4 Å². The third kappa shape index (κ3) is 3.61. The van der Waals surface area contributed by atoms with Crippen LogP contribution in [0.1, 0.15) is 39.0 Å². The number of hydrogen-bond donors (Lipinski definition) is 2. The molecule has 0 aromatic heterocycles. The van der Waals surface area contributed by atoms with Crippen molar-refractivity contribution < 1.29 is 26.3 Å². The number of rotatable bonds is 2. The van der Waals surface area contributed by atoms with Crippen LogP contribution in [-0.2, 0) is 0 Å². The number of aliphatic hydroxyl groups is 1. The minimum absolute atomic E-state index is 0.131. The van der Waals surface area contributed by atoms with Crippen LogP contribution in [0.5, 0.6) is 0 Å². The van der Waals surface area contributed by atoms with Gasteiger partial charge in [-0.1, -0.05) is 0 Å². The molecule has 17 heavy (non-hydrogen) atoms. The van der Waals surface area contributed by atoms with Gasteiger partial charge in [-0.25, -0.2) is 0 Å². The SMILES string of the molecule is CC1=C(C(O)C2CCCCC2)[I-]CNC(Cl)=C1. The molecule has 1 aliphatic carbocycles. The average molecular weight is 369 g/mol. The molecule has 0 aromatic rings. The molecule has 0 radical (unpaired) electrons. The molecule has 1 unspecified atom stereocenters. The first-order valence-electron chi connectivity index (χ1n) is 6.27. The van der Waals surface area contributed by atoms with Gasteiger partial charge in [0.1, 0.15) is 0 Å². The van der Waals surface area contributed by atoms with Crippen LogP contribution < -0.4 is 26.5 Å². The molecule has 4 heteroatoms. The molecule has 1 fully saturated rings. The summed E-state index contributed by atoms with van der Waals surface area (Å²) in [4.78, 5) is 0. The second kappa shape index (κ2) is 6.43. The van der Waals surface area contributed by atoms with Gasteiger partial charge in [0, 0.05) is 0 Å². The predicted octanol–water partition coefficient (Wildman–Crippen LogP) is -0.0685. The van der Waals surface area contributed by atoms with E-state index < -0.39 is 0 Å². The van der Waals surface area contributed by atoms with Gasteiger partial charge in [-0.05, 0) is 0 Å². The molecule has 0 bridgehead atoms. The van der Waals surface area contributed by atoms with Crippen molar-refractivity contribution in [1.29, 1.82) is 0 Å². The van der Waals surface area contributed by atoms with Gasteiger partial charge >= 0.3 is 119 Å². The Bertz CT molecular complexity index is 334. The molecule has 2 aliphatic rings. The first-order valence-corrected chi connectivity index (χ1v) is 9.26. The van der Waals surface area contributed by atoms with Gasteiger partial charge in [0.25, 0.3) is 0 Å². The molecular weight excluding hydrogens is 349 g/mol. The summed E-state index contributed by atoms with van der Waals surface area (Å²) in [5, 5.41) is 14.5. The maximum absolute atomic E-state index is 10.5. The van der Waals surface area contributed by atoms with E-state index in [1.54, 1.807) is 0 Å². The van der Waals surface area contributed by atoms with E-state index in [2.05, 4.69) is 12.2 Å². The Morgan fingerprint density at radius 1 is 1.41 bits per heavy atom. The Hall–Kier alpha value is 0.260. The van der Waals surface area contributed by atoms with Crippen molar-refractivity contribution in [2.24, 2.45) is 5.92 Å². The Morgan fingerprint density at radius 3 is 2.82 bits per heavy atom. The van der Waals surface area contributed by atoms with Crippen molar-refractivity contribution in [3.63, 3.8) is 0 Å². The quantitative estimate of drug-likeness (QED) is 0.406. The topological polar surface area (TPSA) is 32.3 Å². The Morgan fingerprint density at radius 2 is 2.12 bits per heavy atom. The van der Waals surface area contributed by atoms with Crippen molar-refractivity contribution in [1.82, 2.24) is 5.32 Å². The molecule has 2 N–H and O–H groups in total. The summed E-state index contributed by atoms with van der Waals surface area (Å²) in [7, 11) is 0. The summed E-state index contributed by atoms with van der Waals surface area (Å²) in [5.74, 6) is 0.485. The van der Waals surface area contributed by atoms with Gasteiger partial charge in [-0.15, -0.1) is 0 Å². The first-order chi connectivity index (χ1) is 8.18. The van der Waals surface area contributed by atoms with E-state index in [0.29, 0.717) is 11.1 Å². The maximum atomic E-state index is 10.5. The molecule has 2 rings (SSSR count). The Balaban J connectivity index is 2.11. The molecule has 98 valence electrons. The van der Waals surface area contributed by atoms with Crippen LogP contribution in [0.25, 0.3) is 0 Å². The zero-order valence-corrected chi connectivity index (χ0v) is 13.1. The van der Waals surface area contributed by atoms with Crippen molar-refractivity contribution in [2.75, 3.05) is 4.55 Å². The second-order valence-electron chi connectivity index (χ2n) is 4.81. The number of halogens is 2. The summed E-state index contributed by atoms with van der Waals surface area (Å²) in [6, 6.07) is 0. The van der Waals surface area contributed by atoms with Gasteiger partial charge in [0.05, 0.1) is 0 Å². The minimum atomic E-state index is -0.219. The van der Waals surface area contributed by atoms with E-state index in [1.165, 1.54) is 41.3 Å². The van der Waals surface area contributed by atoms with Gasteiger partial charge in [-0.2, -0.15) is 0 Å². The standard InChI is InChI=1S/C13H20ClINO/c1-9-7-11(14)16-8-15-12(9)13(17)10-5-3-2-4-6-10/h7,10,13,16-17H,2-6,8H2,1H3/q-1. The summed E-state index contributed by atoms with van der Waals surface area (Å²) in [6.45, 7) is 2.08. The monoisotopic (exact) mass is 368 g/mol. The summed E-state index contributed by atoms with van der Waals surface area (Å²) in [6.07, 6.45) is 8.02. The third-order valence-electron chi connectivity index (χ3n) is 3.52. The van der Waals surface area contributed by atoms with E-state index in [0.717, 1.165) is 4.55 Å². The van der Waals surface area contributed by atoms with Crippen LogP contribution in [0.4, 0.5) is 0 Å². The van der Waals surface area contributed by atoms with Crippen LogP contribution in [0.3, 0.4) is 0 Å². The Kier molecular flexibility index (Phi) is 5.18. The van der Waals surface area contributed by atoms with E-state index in [1.807, 2.05) is 6.08 Å². The molecule has 1 aliphatic heterocycles. The average Bonchev–Trinajstić information content (AvgIpc) is 2.50. The number of alkyl halides is 1. The summed E-state index contributed by atoms with van der Waals surface area (Å²) in [5.41, 5.74) is 1.19. The van der Waals surface area contributed by atoms with E-state index in [-0.39, 0.29) is 27.3 Å². The van der Waals surface area contributed by atoms with Crippen LogP contribution >= 0.6 is 11.6 Å². The van der Waals surface area contributed by atoms with Crippen molar-refractivity contribution >= 4 is 11.6 Å². The fraction of sp³-hybridized carbons (Fsp3) is 0.692. The number of aliphatic hydroxyl groups excluding tert-OH is 1.